The Bertz CT molecular complexity index is 573. The summed E-state index contributed by atoms with van der Waals surface area (Å²) in [6.07, 6.45) is 0.271. The highest BCUT2D eigenvalue weighted by atomic mass is 16.6. The van der Waals surface area contributed by atoms with Crippen LogP contribution in [0.5, 0.6) is 0 Å². The van der Waals surface area contributed by atoms with Gasteiger partial charge >= 0.3 is 5.97 Å². The summed E-state index contributed by atoms with van der Waals surface area (Å²) in [6.45, 7) is 1.67. The lowest BCUT2D eigenvalue weighted by Crippen LogP contribution is -2.38. The van der Waals surface area contributed by atoms with Crippen LogP contribution >= 0.6 is 0 Å². The Balaban J connectivity index is 3.38. The van der Waals surface area contributed by atoms with E-state index in [0.29, 0.717) is 0 Å². The number of rotatable bonds is 6. The number of carbonyl (C=O) groups excluding carboxylic acids is 1. The first kappa shape index (κ1) is 16.4. The number of carboxylic acids is 1. The quantitative estimate of drug-likeness (QED) is 0.603. The van der Waals surface area contributed by atoms with Gasteiger partial charge < -0.3 is 15.3 Å². The minimum absolute atomic E-state index is 0.0929. The number of carboxylic acid groups (broad SMARTS) is 1. The number of nitro benzene ring substituents is 1. The first-order valence-electron chi connectivity index (χ1n) is 6.29. The summed E-state index contributed by atoms with van der Waals surface area (Å²) < 4.78 is 0. The van der Waals surface area contributed by atoms with Crippen LogP contribution in [0.3, 0.4) is 0 Å². The summed E-state index contributed by atoms with van der Waals surface area (Å²) in [5.74, 6) is -1.48. The topological polar surface area (TPSA) is 113 Å². The molecule has 1 aromatic carbocycles. The van der Waals surface area contributed by atoms with E-state index in [1.165, 1.54) is 37.2 Å². The van der Waals surface area contributed by atoms with Gasteiger partial charge in [0.15, 0.2) is 0 Å². The van der Waals surface area contributed by atoms with E-state index in [9.17, 15) is 19.7 Å². The molecule has 1 rings (SSSR count). The fourth-order valence-electron chi connectivity index (χ4n) is 2.03. The molecule has 114 valence electrons. The second-order valence-electron chi connectivity index (χ2n) is 4.41. The Hall–Kier alpha value is -2.64. The summed E-state index contributed by atoms with van der Waals surface area (Å²) in [5, 5.41) is 22.7. The number of benzene rings is 1. The molecule has 1 aromatic rings. The lowest BCUT2D eigenvalue weighted by molar-refractivity contribution is -0.384. The molecule has 0 aromatic heterocycles. The van der Waals surface area contributed by atoms with Crippen molar-refractivity contribution in [2.24, 2.45) is 0 Å². The van der Waals surface area contributed by atoms with Crippen molar-refractivity contribution < 1.29 is 19.6 Å². The summed E-state index contributed by atoms with van der Waals surface area (Å²) in [6, 6.07) is 2.94. The van der Waals surface area contributed by atoms with Crippen molar-refractivity contribution in [3.8, 4) is 0 Å². The average Bonchev–Trinajstić information content (AvgIpc) is 2.45. The molecule has 0 aliphatic heterocycles. The van der Waals surface area contributed by atoms with Gasteiger partial charge in [0.1, 0.15) is 11.7 Å². The van der Waals surface area contributed by atoms with Gasteiger partial charge in [-0.15, -0.1) is 0 Å². The zero-order valence-corrected chi connectivity index (χ0v) is 12.0. The van der Waals surface area contributed by atoms with E-state index >= 15 is 0 Å². The van der Waals surface area contributed by atoms with Gasteiger partial charge in [-0.25, -0.2) is 4.79 Å². The first-order valence-corrected chi connectivity index (χ1v) is 6.29. The van der Waals surface area contributed by atoms with Crippen molar-refractivity contribution in [1.29, 1.82) is 0 Å². The molecule has 0 spiro atoms. The minimum atomic E-state index is -1.08. The monoisotopic (exact) mass is 295 g/mol. The van der Waals surface area contributed by atoms with Crippen LogP contribution in [0.1, 0.15) is 23.7 Å². The van der Waals surface area contributed by atoms with E-state index in [1.807, 2.05) is 0 Å². The Morgan fingerprint density at radius 3 is 2.52 bits per heavy atom. The molecule has 8 heteroatoms. The molecule has 1 atom stereocenters. The molecule has 0 heterocycles. The van der Waals surface area contributed by atoms with E-state index in [0.717, 1.165) is 0 Å². The molecule has 0 aliphatic carbocycles. The fourth-order valence-corrected chi connectivity index (χ4v) is 2.03. The summed E-state index contributed by atoms with van der Waals surface area (Å²) >= 11 is 0. The minimum Gasteiger partial charge on any atom is -0.480 e. The molecule has 0 radical (unpaired) electrons. The summed E-state index contributed by atoms with van der Waals surface area (Å²) in [7, 11) is 2.90. The van der Waals surface area contributed by atoms with Crippen LogP contribution in [-0.4, -0.2) is 42.0 Å². The summed E-state index contributed by atoms with van der Waals surface area (Å²) in [5.41, 5.74) is 0.0744. The lowest BCUT2D eigenvalue weighted by Gasteiger charge is -2.25. The Labute approximate surface area is 121 Å². The van der Waals surface area contributed by atoms with Gasteiger partial charge in [-0.05, 0) is 18.6 Å². The number of amides is 1. The number of nitrogens with one attached hydrogen (secondary N) is 1. The van der Waals surface area contributed by atoms with Crippen LogP contribution in [0.15, 0.2) is 18.2 Å². The number of nitrogens with zero attached hydrogens (tertiary/aromatic N) is 2. The molecule has 2 N–H and O–H groups in total. The number of carbonyl (C=O) groups is 2. The van der Waals surface area contributed by atoms with Gasteiger partial charge in [0.2, 0.25) is 0 Å². The highest BCUT2D eigenvalue weighted by Crippen LogP contribution is 2.30. The Morgan fingerprint density at radius 2 is 2.10 bits per heavy atom. The second-order valence-corrected chi connectivity index (χ2v) is 4.41. The normalized spacial score (nSPS) is 11.6. The van der Waals surface area contributed by atoms with Crippen molar-refractivity contribution >= 4 is 23.3 Å². The van der Waals surface area contributed by atoms with Crippen molar-refractivity contribution in [2.45, 2.75) is 19.4 Å². The zero-order valence-electron chi connectivity index (χ0n) is 12.0. The number of aliphatic carboxylic acids is 1. The highest BCUT2D eigenvalue weighted by molar-refractivity contribution is 5.96. The molecule has 0 saturated heterocycles. The van der Waals surface area contributed by atoms with Crippen LogP contribution in [0.4, 0.5) is 11.4 Å². The number of hydrogen-bond acceptors (Lipinski definition) is 5. The predicted octanol–water partition coefficient (Wildman–Crippen LogP) is 1.25. The molecule has 0 bridgehead atoms. The van der Waals surface area contributed by atoms with Gasteiger partial charge in [-0.1, -0.05) is 6.92 Å². The SMILES string of the molecule is CCC(C(=O)O)N(C)c1cc(C(=O)NC)ccc1[N+](=O)[O-]. The highest BCUT2D eigenvalue weighted by Gasteiger charge is 2.27. The third-order valence-electron chi connectivity index (χ3n) is 3.18. The Morgan fingerprint density at radius 1 is 1.48 bits per heavy atom. The number of hydrogen-bond donors (Lipinski definition) is 2. The number of nitro groups is 1. The molecule has 8 nitrogen and oxygen atoms in total. The maximum atomic E-state index is 11.6. The van der Waals surface area contributed by atoms with E-state index in [1.54, 1.807) is 6.92 Å². The van der Waals surface area contributed by atoms with Crippen LogP contribution in [-0.2, 0) is 4.79 Å². The largest absolute Gasteiger partial charge is 0.480 e. The van der Waals surface area contributed by atoms with Gasteiger partial charge in [-0.3, -0.25) is 14.9 Å². The van der Waals surface area contributed by atoms with Crippen LogP contribution < -0.4 is 10.2 Å². The van der Waals surface area contributed by atoms with E-state index in [2.05, 4.69) is 5.32 Å². The van der Waals surface area contributed by atoms with Gasteiger partial charge in [-0.2, -0.15) is 0 Å². The molecule has 0 aliphatic rings. The average molecular weight is 295 g/mol. The van der Waals surface area contributed by atoms with Crippen LogP contribution in [0, 0.1) is 10.1 Å². The first-order chi connectivity index (χ1) is 9.83. The van der Waals surface area contributed by atoms with Crippen LogP contribution in [0.2, 0.25) is 0 Å². The van der Waals surface area contributed by atoms with Crippen LogP contribution in [0.25, 0.3) is 0 Å². The number of likely N-dealkylation sites (N-methyl/N-ethyl adjacent to an activating group) is 1. The lowest BCUT2D eigenvalue weighted by atomic mass is 10.1. The van der Waals surface area contributed by atoms with Crippen molar-refractivity contribution in [1.82, 2.24) is 5.32 Å². The maximum Gasteiger partial charge on any atom is 0.326 e. The predicted molar refractivity (Wildman–Crippen MR) is 76.6 cm³/mol. The Kier molecular flexibility index (Phi) is 5.23. The third-order valence-corrected chi connectivity index (χ3v) is 3.18. The van der Waals surface area contributed by atoms with Crippen molar-refractivity contribution in [3.05, 3.63) is 33.9 Å². The van der Waals surface area contributed by atoms with E-state index in [4.69, 9.17) is 5.11 Å². The van der Waals surface area contributed by atoms with Crippen molar-refractivity contribution in [2.75, 3.05) is 19.0 Å². The van der Waals surface area contributed by atoms with E-state index < -0.39 is 22.8 Å². The molecule has 21 heavy (non-hydrogen) atoms. The number of anilines is 1. The summed E-state index contributed by atoms with van der Waals surface area (Å²) in [4.78, 5) is 34.6. The fraction of sp³-hybridized carbons (Fsp3) is 0.385. The molecular weight excluding hydrogens is 278 g/mol. The molecular formula is C13H17N3O5. The molecule has 1 unspecified atom stereocenters. The smallest absolute Gasteiger partial charge is 0.326 e. The van der Waals surface area contributed by atoms with Gasteiger partial charge in [0.25, 0.3) is 11.6 Å². The molecule has 0 saturated carbocycles. The standard InChI is InChI=1S/C13H17N3O5/c1-4-9(13(18)19)15(3)11-7-8(12(17)14-2)5-6-10(11)16(20)21/h5-7,9H,4H2,1-3H3,(H,14,17)(H,18,19). The maximum absolute atomic E-state index is 11.6. The van der Waals surface area contributed by atoms with Gasteiger partial charge in [0, 0.05) is 25.7 Å². The third kappa shape index (κ3) is 3.47. The molecule has 0 fully saturated rings. The second kappa shape index (κ2) is 6.69. The van der Waals surface area contributed by atoms with Crippen molar-refractivity contribution in [3.63, 3.8) is 0 Å². The molecule has 1 amide bonds. The zero-order chi connectivity index (χ0) is 16.2. The van der Waals surface area contributed by atoms with E-state index in [-0.39, 0.29) is 23.4 Å². The van der Waals surface area contributed by atoms with Gasteiger partial charge in [0.05, 0.1) is 4.92 Å².